The number of nitrogens with zero attached hydrogens (tertiary/aromatic N) is 1. The van der Waals surface area contributed by atoms with Crippen molar-refractivity contribution in [3.05, 3.63) is 80.3 Å². The molecule has 0 fully saturated rings. The first-order valence-electron chi connectivity index (χ1n) is 7.60. The fourth-order valence-corrected chi connectivity index (χ4v) is 3.55. The van der Waals surface area contributed by atoms with Gasteiger partial charge in [0.1, 0.15) is 0 Å². The highest BCUT2D eigenvalue weighted by atomic mass is 79.9. The van der Waals surface area contributed by atoms with Crippen molar-refractivity contribution >= 4 is 61.3 Å². The van der Waals surface area contributed by atoms with Crippen molar-refractivity contribution in [2.45, 2.75) is 6.18 Å². The van der Waals surface area contributed by atoms with Crippen LogP contribution in [0.2, 0.25) is 10.0 Å². The van der Waals surface area contributed by atoms with Gasteiger partial charge in [-0.05, 0) is 47.4 Å². The zero-order valence-electron chi connectivity index (χ0n) is 13.6. The molecule has 0 N–H and O–H groups in total. The van der Waals surface area contributed by atoms with Crippen LogP contribution < -0.4 is 0 Å². The summed E-state index contributed by atoms with van der Waals surface area (Å²) in [5.74, 6) is -1.92. The van der Waals surface area contributed by atoms with Gasteiger partial charge in [0.25, 0.3) is 0 Å². The van der Waals surface area contributed by atoms with Crippen molar-refractivity contribution in [2.24, 2.45) is 0 Å². The van der Waals surface area contributed by atoms with E-state index in [0.717, 1.165) is 12.1 Å². The van der Waals surface area contributed by atoms with E-state index in [0.29, 0.717) is 21.3 Å². The lowest BCUT2D eigenvalue weighted by molar-refractivity contribution is -0.0689. The predicted octanol–water partition coefficient (Wildman–Crippen LogP) is 7.27. The van der Waals surface area contributed by atoms with Crippen molar-refractivity contribution in [3.63, 3.8) is 0 Å². The average Bonchev–Trinajstić information content (AvgIpc) is 2.63. The molecule has 28 heavy (non-hydrogen) atoms. The number of pyridine rings is 1. The molecule has 3 aromatic rings. The highest BCUT2D eigenvalue weighted by molar-refractivity contribution is 9.10. The van der Waals surface area contributed by atoms with Crippen molar-refractivity contribution in [1.29, 1.82) is 0 Å². The first-order chi connectivity index (χ1) is 13.1. The standard InChI is InChI=1S/C19H8BrCl2F4NO/c20-14-2-1-11(10-3-4-27-8-12(10)14)17(28)7-13(19(24,25)26)9-5-15(21)18(23)16(22)6-9/h1-8H/b13-7+. The van der Waals surface area contributed by atoms with E-state index < -0.39 is 39.0 Å². The number of hydrogen-bond donors (Lipinski definition) is 0. The maximum absolute atomic E-state index is 13.6. The van der Waals surface area contributed by atoms with Crippen molar-refractivity contribution in [2.75, 3.05) is 0 Å². The Kier molecular flexibility index (Phi) is 5.79. The predicted molar refractivity (Wildman–Crippen MR) is 104 cm³/mol. The van der Waals surface area contributed by atoms with E-state index in [9.17, 15) is 22.4 Å². The molecule has 0 aliphatic rings. The van der Waals surface area contributed by atoms with Gasteiger partial charge < -0.3 is 0 Å². The number of fused-ring (bicyclic) bond motifs is 1. The summed E-state index contributed by atoms with van der Waals surface area (Å²) in [5, 5.41) is -0.152. The van der Waals surface area contributed by atoms with Crippen LogP contribution in [0.5, 0.6) is 0 Å². The quantitative estimate of drug-likeness (QED) is 0.166. The van der Waals surface area contributed by atoms with Crippen molar-refractivity contribution in [3.8, 4) is 0 Å². The molecule has 3 rings (SSSR count). The third-order valence-corrected chi connectivity index (χ3v) is 5.15. The van der Waals surface area contributed by atoms with Gasteiger partial charge in [0.2, 0.25) is 0 Å². The van der Waals surface area contributed by atoms with E-state index >= 15 is 0 Å². The number of hydrogen-bond acceptors (Lipinski definition) is 2. The number of halogens is 7. The maximum Gasteiger partial charge on any atom is 0.417 e. The number of allylic oxidation sites excluding steroid dienone is 2. The molecule has 0 saturated carbocycles. The largest absolute Gasteiger partial charge is 0.417 e. The second-order valence-electron chi connectivity index (χ2n) is 5.69. The van der Waals surface area contributed by atoms with E-state index in [-0.39, 0.29) is 5.56 Å². The Hall–Kier alpha value is -1.96. The van der Waals surface area contributed by atoms with Gasteiger partial charge in [-0.1, -0.05) is 39.1 Å². The van der Waals surface area contributed by atoms with E-state index in [1.165, 1.54) is 24.5 Å². The number of carbonyl (C=O) groups is 1. The molecular formula is C19H8BrCl2F4NO. The molecule has 0 unspecified atom stereocenters. The summed E-state index contributed by atoms with van der Waals surface area (Å²) in [4.78, 5) is 16.6. The molecule has 0 amide bonds. The van der Waals surface area contributed by atoms with Crippen LogP contribution in [0.3, 0.4) is 0 Å². The van der Waals surface area contributed by atoms with Gasteiger partial charge in [0.15, 0.2) is 11.6 Å². The SMILES string of the molecule is O=C(/C=C(\c1cc(Cl)c(F)c(Cl)c1)C(F)(F)F)c1ccc(Br)c2cnccc12. The molecule has 0 aliphatic carbocycles. The van der Waals surface area contributed by atoms with Gasteiger partial charge >= 0.3 is 6.18 Å². The Balaban J connectivity index is 2.18. The molecule has 1 heterocycles. The topological polar surface area (TPSA) is 30.0 Å². The Morgan fingerprint density at radius 3 is 2.32 bits per heavy atom. The van der Waals surface area contributed by atoms with Crippen LogP contribution in [0.25, 0.3) is 16.3 Å². The first kappa shape index (κ1) is 20.8. The summed E-state index contributed by atoms with van der Waals surface area (Å²) in [6, 6.07) is 6.03. The Labute approximate surface area is 174 Å². The van der Waals surface area contributed by atoms with Gasteiger partial charge in [-0.15, -0.1) is 0 Å². The van der Waals surface area contributed by atoms with E-state index in [4.69, 9.17) is 23.2 Å². The van der Waals surface area contributed by atoms with E-state index in [2.05, 4.69) is 20.9 Å². The van der Waals surface area contributed by atoms with Gasteiger partial charge in [0.05, 0.1) is 15.6 Å². The van der Waals surface area contributed by atoms with Gasteiger partial charge in [0, 0.05) is 27.8 Å². The minimum Gasteiger partial charge on any atom is -0.289 e. The lowest BCUT2D eigenvalue weighted by atomic mass is 9.98. The number of carbonyl (C=O) groups excluding carboxylic acids is 1. The molecule has 1 aromatic heterocycles. The second-order valence-corrected chi connectivity index (χ2v) is 7.36. The third kappa shape index (κ3) is 4.06. The second kappa shape index (κ2) is 7.81. The van der Waals surface area contributed by atoms with Crippen LogP contribution in [0, 0.1) is 5.82 Å². The van der Waals surface area contributed by atoms with E-state index in [1.54, 1.807) is 6.07 Å². The van der Waals surface area contributed by atoms with Crippen LogP contribution in [-0.4, -0.2) is 16.9 Å². The van der Waals surface area contributed by atoms with Gasteiger partial charge in [-0.25, -0.2) is 4.39 Å². The Morgan fingerprint density at radius 2 is 1.71 bits per heavy atom. The number of benzene rings is 2. The lowest BCUT2D eigenvalue weighted by Crippen LogP contribution is -2.13. The molecule has 0 saturated heterocycles. The molecule has 0 radical (unpaired) electrons. The molecular weight excluding hydrogens is 485 g/mol. The average molecular weight is 493 g/mol. The number of ketones is 1. The summed E-state index contributed by atoms with van der Waals surface area (Å²) in [7, 11) is 0. The molecule has 9 heteroatoms. The summed E-state index contributed by atoms with van der Waals surface area (Å²) in [6.45, 7) is 0. The molecule has 0 bridgehead atoms. The van der Waals surface area contributed by atoms with Gasteiger partial charge in [-0.2, -0.15) is 13.2 Å². The molecule has 0 spiro atoms. The van der Waals surface area contributed by atoms with Gasteiger partial charge in [-0.3, -0.25) is 9.78 Å². The highest BCUT2D eigenvalue weighted by Gasteiger charge is 2.36. The van der Waals surface area contributed by atoms with Crippen LogP contribution in [0.1, 0.15) is 15.9 Å². The maximum atomic E-state index is 13.6. The fourth-order valence-electron chi connectivity index (χ4n) is 2.62. The molecule has 0 aliphatic heterocycles. The van der Waals surface area contributed by atoms with E-state index in [1.807, 2.05) is 0 Å². The van der Waals surface area contributed by atoms with Crippen molar-refractivity contribution in [1.82, 2.24) is 4.98 Å². The molecule has 2 aromatic carbocycles. The third-order valence-electron chi connectivity index (χ3n) is 3.91. The number of rotatable bonds is 3. The Bertz CT molecular complexity index is 1110. The minimum absolute atomic E-state index is 0.0571. The van der Waals surface area contributed by atoms with Crippen LogP contribution in [0.15, 0.2) is 53.3 Å². The number of aromatic nitrogens is 1. The van der Waals surface area contributed by atoms with Crippen LogP contribution in [0.4, 0.5) is 17.6 Å². The Morgan fingerprint density at radius 1 is 1.07 bits per heavy atom. The summed E-state index contributed by atoms with van der Waals surface area (Å²) < 4.78 is 55.0. The summed E-state index contributed by atoms with van der Waals surface area (Å²) >= 11 is 14.5. The van der Waals surface area contributed by atoms with Crippen LogP contribution >= 0.6 is 39.1 Å². The molecule has 0 atom stereocenters. The van der Waals surface area contributed by atoms with Crippen molar-refractivity contribution < 1.29 is 22.4 Å². The lowest BCUT2D eigenvalue weighted by Gasteiger charge is -2.14. The smallest absolute Gasteiger partial charge is 0.289 e. The summed E-state index contributed by atoms with van der Waals surface area (Å²) in [5.41, 5.74) is -1.74. The highest BCUT2D eigenvalue weighted by Crippen LogP contribution is 2.38. The minimum atomic E-state index is -4.90. The number of alkyl halides is 3. The normalized spacial score (nSPS) is 12.5. The molecule has 144 valence electrons. The molecule has 2 nitrogen and oxygen atoms in total. The van der Waals surface area contributed by atoms with Crippen LogP contribution in [-0.2, 0) is 0 Å². The summed E-state index contributed by atoms with van der Waals surface area (Å²) in [6.07, 6.45) is -1.53. The fraction of sp³-hybridized carbons (Fsp3) is 0.0526. The first-order valence-corrected chi connectivity index (χ1v) is 9.15. The zero-order valence-corrected chi connectivity index (χ0v) is 16.7. The monoisotopic (exact) mass is 491 g/mol. The zero-order chi connectivity index (χ0) is 20.6.